The number of carbonyl (C=O) groups is 1. The third kappa shape index (κ3) is 4.97. The lowest BCUT2D eigenvalue weighted by Crippen LogP contribution is -2.30. The standard InChI is InChI=1S/C23H28N4O3S/c1-15-6-8-17(9-7-15)30-12-10-27(3)23(28)20-16(2)19-21(25-14-26-22(19)31-20)24-13-18-5-4-11-29-18/h6-9,14,18H,4-5,10-13H2,1-3H3,(H,24,25,26). The van der Waals surface area contributed by atoms with E-state index in [0.717, 1.165) is 46.8 Å². The van der Waals surface area contributed by atoms with Crippen molar-refractivity contribution in [3.8, 4) is 5.75 Å². The minimum atomic E-state index is -0.0296. The molecule has 0 saturated carbocycles. The maximum absolute atomic E-state index is 13.1. The summed E-state index contributed by atoms with van der Waals surface area (Å²) in [6.07, 6.45) is 3.92. The zero-order valence-electron chi connectivity index (χ0n) is 18.2. The third-order valence-corrected chi connectivity index (χ3v) is 6.69. The Balaban J connectivity index is 1.42. The number of hydrogen-bond donors (Lipinski definition) is 1. The van der Waals surface area contributed by atoms with E-state index in [1.807, 2.05) is 38.1 Å². The van der Waals surface area contributed by atoms with Crippen LogP contribution in [0.1, 0.15) is 33.6 Å². The first kappa shape index (κ1) is 21.5. The van der Waals surface area contributed by atoms with Crippen LogP contribution >= 0.6 is 11.3 Å². The number of nitrogens with one attached hydrogen (secondary N) is 1. The van der Waals surface area contributed by atoms with Gasteiger partial charge in [-0.05, 0) is 44.4 Å². The van der Waals surface area contributed by atoms with Crippen molar-refractivity contribution in [3.05, 3.63) is 46.6 Å². The molecule has 3 heterocycles. The molecule has 1 aromatic carbocycles. The highest BCUT2D eigenvalue weighted by molar-refractivity contribution is 7.20. The van der Waals surface area contributed by atoms with E-state index in [1.54, 1.807) is 18.3 Å². The molecule has 0 bridgehead atoms. The van der Waals surface area contributed by atoms with Gasteiger partial charge in [-0.25, -0.2) is 9.97 Å². The number of likely N-dealkylation sites (N-methyl/N-ethyl adjacent to an activating group) is 1. The number of rotatable bonds is 8. The SMILES string of the molecule is Cc1ccc(OCCN(C)C(=O)c2sc3ncnc(NCC4CCCO4)c3c2C)cc1. The largest absolute Gasteiger partial charge is 0.492 e. The van der Waals surface area contributed by atoms with Crippen molar-refractivity contribution >= 4 is 33.3 Å². The quantitative estimate of drug-likeness (QED) is 0.569. The van der Waals surface area contributed by atoms with Crippen LogP contribution in [0.25, 0.3) is 10.2 Å². The number of benzene rings is 1. The first-order valence-corrected chi connectivity index (χ1v) is 11.4. The van der Waals surface area contributed by atoms with Crippen molar-refractivity contribution in [1.82, 2.24) is 14.9 Å². The van der Waals surface area contributed by atoms with E-state index in [0.29, 0.717) is 24.6 Å². The topological polar surface area (TPSA) is 76.6 Å². The predicted octanol–water partition coefficient (Wildman–Crippen LogP) is 4.05. The Morgan fingerprint density at radius 3 is 2.84 bits per heavy atom. The molecule has 164 valence electrons. The molecule has 1 atom stereocenters. The van der Waals surface area contributed by atoms with Crippen LogP contribution in [0, 0.1) is 13.8 Å². The predicted molar refractivity (Wildman–Crippen MR) is 123 cm³/mol. The van der Waals surface area contributed by atoms with E-state index in [-0.39, 0.29) is 12.0 Å². The van der Waals surface area contributed by atoms with Crippen LogP contribution < -0.4 is 10.1 Å². The first-order valence-electron chi connectivity index (χ1n) is 10.6. The fourth-order valence-electron chi connectivity index (χ4n) is 3.64. The molecule has 1 unspecified atom stereocenters. The van der Waals surface area contributed by atoms with E-state index in [9.17, 15) is 4.79 Å². The lowest BCUT2D eigenvalue weighted by molar-refractivity contribution is 0.0778. The van der Waals surface area contributed by atoms with Gasteiger partial charge in [0.15, 0.2) is 0 Å². The molecule has 1 aliphatic heterocycles. The van der Waals surface area contributed by atoms with E-state index in [1.165, 1.54) is 16.9 Å². The zero-order chi connectivity index (χ0) is 21.8. The van der Waals surface area contributed by atoms with Gasteiger partial charge in [-0.1, -0.05) is 17.7 Å². The smallest absolute Gasteiger partial charge is 0.264 e. The molecule has 2 aromatic heterocycles. The van der Waals surface area contributed by atoms with Gasteiger partial charge in [0.25, 0.3) is 5.91 Å². The van der Waals surface area contributed by atoms with Gasteiger partial charge in [-0.3, -0.25) is 4.79 Å². The van der Waals surface area contributed by atoms with Crippen LogP contribution in [0.15, 0.2) is 30.6 Å². The normalized spacial score (nSPS) is 15.9. The molecule has 8 heteroatoms. The fraction of sp³-hybridized carbons (Fsp3) is 0.435. The molecular formula is C23H28N4O3S. The van der Waals surface area contributed by atoms with Crippen LogP contribution in [-0.4, -0.2) is 60.2 Å². The van der Waals surface area contributed by atoms with Gasteiger partial charge in [0.2, 0.25) is 0 Å². The average molecular weight is 441 g/mol. The Hall–Kier alpha value is -2.71. The highest BCUT2D eigenvalue weighted by Crippen LogP contribution is 2.34. The number of fused-ring (bicyclic) bond motifs is 1. The van der Waals surface area contributed by atoms with Gasteiger partial charge >= 0.3 is 0 Å². The maximum Gasteiger partial charge on any atom is 0.264 e. The van der Waals surface area contributed by atoms with Gasteiger partial charge < -0.3 is 19.7 Å². The molecule has 0 aliphatic carbocycles. The molecule has 0 spiro atoms. The fourth-order valence-corrected chi connectivity index (χ4v) is 4.78. The summed E-state index contributed by atoms with van der Waals surface area (Å²) >= 11 is 1.41. The Morgan fingerprint density at radius 1 is 1.29 bits per heavy atom. The summed E-state index contributed by atoms with van der Waals surface area (Å²) in [7, 11) is 1.80. The monoisotopic (exact) mass is 440 g/mol. The molecule has 1 amide bonds. The molecule has 31 heavy (non-hydrogen) atoms. The van der Waals surface area contributed by atoms with Crippen molar-refractivity contribution in [3.63, 3.8) is 0 Å². The molecule has 7 nitrogen and oxygen atoms in total. The van der Waals surface area contributed by atoms with Crippen molar-refractivity contribution in [2.45, 2.75) is 32.8 Å². The number of nitrogens with zero attached hydrogens (tertiary/aromatic N) is 3. The van der Waals surface area contributed by atoms with Crippen LogP contribution in [0.4, 0.5) is 5.82 Å². The molecule has 1 aliphatic rings. The highest BCUT2D eigenvalue weighted by Gasteiger charge is 2.23. The van der Waals surface area contributed by atoms with Gasteiger partial charge in [0, 0.05) is 20.2 Å². The number of aryl methyl sites for hydroxylation is 2. The van der Waals surface area contributed by atoms with Crippen LogP contribution in [-0.2, 0) is 4.74 Å². The number of ether oxygens (including phenoxy) is 2. The summed E-state index contributed by atoms with van der Waals surface area (Å²) < 4.78 is 11.5. The summed E-state index contributed by atoms with van der Waals surface area (Å²) in [4.78, 5) is 25.1. The number of anilines is 1. The van der Waals surface area contributed by atoms with E-state index < -0.39 is 0 Å². The van der Waals surface area contributed by atoms with Crippen molar-refractivity contribution in [1.29, 1.82) is 0 Å². The van der Waals surface area contributed by atoms with Crippen LogP contribution in [0.2, 0.25) is 0 Å². The number of aromatic nitrogens is 2. The van der Waals surface area contributed by atoms with E-state index in [2.05, 4.69) is 15.3 Å². The van der Waals surface area contributed by atoms with E-state index >= 15 is 0 Å². The number of carbonyl (C=O) groups excluding carboxylic acids is 1. The molecule has 1 N–H and O–H groups in total. The third-order valence-electron chi connectivity index (χ3n) is 5.51. The Labute approximate surface area is 186 Å². The Bertz CT molecular complexity index is 1040. The minimum Gasteiger partial charge on any atom is -0.492 e. The summed E-state index contributed by atoms with van der Waals surface area (Å²) in [6, 6.07) is 7.90. The Kier molecular flexibility index (Phi) is 6.67. The minimum absolute atomic E-state index is 0.0296. The molecule has 1 fully saturated rings. The lowest BCUT2D eigenvalue weighted by Gasteiger charge is -2.17. The summed E-state index contributed by atoms with van der Waals surface area (Å²) in [5, 5.41) is 4.31. The highest BCUT2D eigenvalue weighted by atomic mass is 32.1. The number of hydrogen-bond acceptors (Lipinski definition) is 7. The first-order chi connectivity index (χ1) is 15.0. The average Bonchev–Trinajstić information content (AvgIpc) is 3.41. The number of amides is 1. The van der Waals surface area contributed by atoms with Crippen LogP contribution in [0.5, 0.6) is 5.75 Å². The molecule has 1 saturated heterocycles. The number of thiophene rings is 1. The molecular weight excluding hydrogens is 412 g/mol. The maximum atomic E-state index is 13.1. The molecule has 0 radical (unpaired) electrons. The van der Waals surface area contributed by atoms with Crippen molar-refractivity contribution < 1.29 is 14.3 Å². The van der Waals surface area contributed by atoms with Crippen molar-refractivity contribution in [2.75, 3.05) is 38.7 Å². The zero-order valence-corrected chi connectivity index (χ0v) is 19.0. The van der Waals surface area contributed by atoms with Gasteiger partial charge in [-0.15, -0.1) is 11.3 Å². The van der Waals surface area contributed by atoms with Gasteiger partial charge in [0.05, 0.1) is 22.9 Å². The van der Waals surface area contributed by atoms with Gasteiger partial charge in [0.1, 0.15) is 29.3 Å². The second-order valence-corrected chi connectivity index (χ2v) is 8.86. The van der Waals surface area contributed by atoms with Crippen molar-refractivity contribution in [2.24, 2.45) is 0 Å². The Morgan fingerprint density at radius 2 is 2.10 bits per heavy atom. The van der Waals surface area contributed by atoms with Gasteiger partial charge in [-0.2, -0.15) is 0 Å². The molecule has 3 aromatic rings. The molecule has 4 rings (SSSR count). The summed E-state index contributed by atoms with van der Waals surface area (Å²) in [6.45, 7) is 6.46. The van der Waals surface area contributed by atoms with Crippen LogP contribution in [0.3, 0.4) is 0 Å². The second kappa shape index (κ2) is 9.62. The second-order valence-electron chi connectivity index (χ2n) is 7.86. The summed E-state index contributed by atoms with van der Waals surface area (Å²) in [5.41, 5.74) is 2.10. The summed E-state index contributed by atoms with van der Waals surface area (Å²) in [5.74, 6) is 1.54. The lowest BCUT2D eigenvalue weighted by atomic mass is 10.2. The van der Waals surface area contributed by atoms with E-state index in [4.69, 9.17) is 9.47 Å².